The number of nitrogens with one attached hydrogen (secondary N) is 1. The van der Waals surface area contributed by atoms with Crippen molar-refractivity contribution < 1.29 is 4.74 Å². The molecule has 16 heavy (non-hydrogen) atoms. The van der Waals surface area contributed by atoms with E-state index in [9.17, 15) is 0 Å². The summed E-state index contributed by atoms with van der Waals surface area (Å²) >= 11 is 0. The van der Waals surface area contributed by atoms with Crippen molar-refractivity contribution in [3.05, 3.63) is 18.3 Å². The molecule has 0 spiro atoms. The number of methoxy groups -OCH3 is 1. The maximum Gasteiger partial charge on any atom is 0.128 e. The molecule has 1 heterocycles. The number of rotatable bonds is 6. The summed E-state index contributed by atoms with van der Waals surface area (Å²) in [6, 6.07) is 4.45. The molecule has 1 unspecified atom stereocenters. The first-order valence-corrected chi connectivity index (χ1v) is 5.52. The average molecular weight is 223 g/mol. The number of pyridine rings is 1. The van der Waals surface area contributed by atoms with Gasteiger partial charge in [-0.05, 0) is 25.5 Å². The molecule has 4 heteroatoms. The zero-order valence-corrected chi connectivity index (χ0v) is 10.5. The minimum Gasteiger partial charge on any atom is -0.385 e. The molecule has 0 aliphatic carbocycles. The monoisotopic (exact) mass is 223 g/mol. The summed E-state index contributed by atoms with van der Waals surface area (Å²) in [5.41, 5.74) is 1.05. The van der Waals surface area contributed by atoms with Crippen molar-refractivity contribution in [3.63, 3.8) is 0 Å². The van der Waals surface area contributed by atoms with Crippen LogP contribution >= 0.6 is 0 Å². The molecule has 1 atom stereocenters. The fourth-order valence-corrected chi connectivity index (χ4v) is 1.39. The van der Waals surface area contributed by atoms with Gasteiger partial charge in [0.25, 0.3) is 0 Å². The summed E-state index contributed by atoms with van der Waals surface area (Å²) in [5, 5.41) is 3.38. The molecule has 0 radical (unpaired) electrons. The molecule has 4 nitrogen and oxygen atoms in total. The van der Waals surface area contributed by atoms with Crippen LogP contribution in [-0.4, -0.2) is 38.8 Å². The third kappa shape index (κ3) is 4.06. The lowest BCUT2D eigenvalue weighted by molar-refractivity contribution is 0.191. The lowest BCUT2D eigenvalue weighted by Crippen LogP contribution is -2.17. The Kier molecular flexibility index (Phi) is 5.05. The van der Waals surface area contributed by atoms with Crippen LogP contribution in [0.3, 0.4) is 0 Å². The fourth-order valence-electron chi connectivity index (χ4n) is 1.39. The van der Waals surface area contributed by atoms with Gasteiger partial charge < -0.3 is 15.0 Å². The number of anilines is 2. The van der Waals surface area contributed by atoms with Crippen molar-refractivity contribution in [3.8, 4) is 0 Å². The van der Waals surface area contributed by atoms with Crippen LogP contribution in [0.2, 0.25) is 0 Å². The maximum atomic E-state index is 5.04. The van der Waals surface area contributed by atoms with Gasteiger partial charge in [0.1, 0.15) is 5.82 Å². The van der Waals surface area contributed by atoms with Crippen LogP contribution in [0.1, 0.15) is 13.3 Å². The predicted octanol–water partition coefficient (Wildman–Crippen LogP) is 1.98. The van der Waals surface area contributed by atoms with E-state index in [1.807, 2.05) is 37.3 Å². The fraction of sp³-hybridized carbons (Fsp3) is 0.583. The van der Waals surface area contributed by atoms with Gasteiger partial charge in [-0.2, -0.15) is 0 Å². The molecule has 0 saturated carbocycles. The number of ether oxygens (including phenoxy) is 1. The standard InChI is InChI=1S/C12H21N3O/c1-10(7-8-16-4)14-11-5-6-12(13-9-11)15(2)3/h5-6,9-10,14H,7-8H2,1-4H3. The summed E-state index contributed by atoms with van der Waals surface area (Å²) in [6.45, 7) is 2.91. The van der Waals surface area contributed by atoms with Crippen LogP contribution < -0.4 is 10.2 Å². The Morgan fingerprint density at radius 1 is 1.44 bits per heavy atom. The quantitative estimate of drug-likeness (QED) is 0.800. The number of nitrogens with zero attached hydrogens (tertiary/aromatic N) is 2. The largest absolute Gasteiger partial charge is 0.385 e. The summed E-state index contributed by atoms with van der Waals surface area (Å²) in [4.78, 5) is 6.33. The Morgan fingerprint density at radius 3 is 2.69 bits per heavy atom. The van der Waals surface area contributed by atoms with Crippen LogP contribution in [0.4, 0.5) is 11.5 Å². The maximum absolute atomic E-state index is 5.04. The number of hydrogen-bond donors (Lipinski definition) is 1. The lowest BCUT2D eigenvalue weighted by atomic mass is 10.2. The van der Waals surface area contributed by atoms with Gasteiger partial charge in [0, 0.05) is 33.9 Å². The topological polar surface area (TPSA) is 37.4 Å². The van der Waals surface area contributed by atoms with Crippen molar-refractivity contribution >= 4 is 11.5 Å². The summed E-state index contributed by atoms with van der Waals surface area (Å²) < 4.78 is 5.04. The molecular formula is C12H21N3O. The van der Waals surface area contributed by atoms with Gasteiger partial charge in [-0.15, -0.1) is 0 Å². The Balaban J connectivity index is 2.48. The van der Waals surface area contributed by atoms with E-state index in [1.165, 1.54) is 0 Å². The molecule has 0 aliphatic heterocycles. The molecule has 1 rings (SSSR count). The van der Waals surface area contributed by atoms with Crippen molar-refractivity contribution in [2.24, 2.45) is 0 Å². The highest BCUT2D eigenvalue weighted by molar-refractivity contribution is 5.48. The van der Waals surface area contributed by atoms with Crippen molar-refractivity contribution in [1.29, 1.82) is 0 Å². The van der Waals surface area contributed by atoms with E-state index in [2.05, 4.69) is 17.2 Å². The second-order valence-electron chi connectivity index (χ2n) is 4.13. The summed E-state index contributed by atoms with van der Waals surface area (Å²) in [7, 11) is 5.69. The van der Waals surface area contributed by atoms with Gasteiger partial charge >= 0.3 is 0 Å². The highest BCUT2D eigenvalue weighted by Gasteiger charge is 2.02. The first-order chi connectivity index (χ1) is 7.63. The van der Waals surface area contributed by atoms with Crippen molar-refractivity contribution in [2.45, 2.75) is 19.4 Å². The molecule has 90 valence electrons. The van der Waals surface area contributed by atoms with Crippen LogP contribution in [-0.2, 0) is 4.74 Å². The second kappa shape index (κ2) is 6.33. The van der Waals surface area contributed by atoms with Gasteiger partial charge in [0.15, 0.2) is 0 Å². The summed E-state index contributed by atoms with van der Waals surface area (Å²) in [6.07, 6.45) is 2.85. The van der Waals surface area contributed by atoms with E-state index >= 15 is 0 Å². The average Bonchev–Trinajstić information content (AvgIpc) is 2.27. The molecule has 0 amide bonds. The smallest absolute Gasteiger partial charge is 0.128 e. The molecule has 0 saturated heterocycles. The van der Waals surface area contributed by atoms with Crippen LogP contribution in [0.25, 0.3) is 0 Å². The first kappa shape index (κ1) is 12.8. The normalized spacial score (nSPS) is 12.2. The Bertz CT molecular complexity index is 298. The van der Waals surface area contributed by atoms with Crippen LogP contribution in [0.15, 0.2) is 18.3 Å². The van der Waals surface area contributed by atoms with E-state index in [0.717, 1.165) is 24.5 Å². The second-order valence-corrected chi connectivity index (χ2v) is 4.13. The molecule has 0 aromatic carbocycles. The van der Waals surface area contributed by atoms with E-state index < -0.39 is 0 Å². The molecule has 1 aromatic heterocycles. The number of aromatic nitrogens is 1. The molecular weight excluding hydrogens is 202 g/mol. The van der Waals surface area contributed by atoms with Gasteiger partial charge in [-0.3, -0.25) is 0 Å². The van der Waals surface area contributed by atoms with Gasteiger partial charge in [-0.1, -0.05) is 0 Å². The molecule has 0 aliphatic rings. The van der Waals surface area contributed by atoms with E-state index in [1.54, 1.807) is 7.11 Å². The third-order valence-electron chi connectivity index (χ3n) is 2.37. The SMILES string of the molecule is COCCC(C)Nc1ccc(N(C)C)nc1. The highest BCUT2D eigenvalue weighted by atomic mass is 16.5. The van der Waals surface area contributed by atoms with Gasteiger partial charge in [0.2, 0.25) is 0 Å². The van der Waals surface area contributed by atoms with E-state index in [0.29, 0.717) is 6.04 Å². The minimum atomic E-state index is 0.395. The number of hydrogen-bond acceptors (Lipinski definition) is 4. The zero-order chi connectivity index (χ0) is 12.0. The Hall–Kier alpha value is -1.29. The van der Waals surface area contributed by atoms with Crippen LogP contribution in [0.5, 0.6) is 0 Å². The predicted molar refractivity (Wildman–Crippen MR) is 68.1 cm³/mol. The lowest BCUT2D eigenvalue weighted by Gasteiger charge is -2.16. The van der Waals surface area contributed by atoms with E-state index in [-0.39, 0.29) is 0 Å². The van der Waals surface area contributed by atoms with Gasteiger partial charge in [0.05, 0.1) is 11.9 Å². The van der Waals surface area contributed by atoms with Gasteiger partial charge in [-0.25, -0.2) is 4.98 Å². The minimum absolute atomic E-state index is 0.395. The van der Waals surface area contributed by atoms with Crippen LogP contribution in [0, 0.1) is 0 Å². The Morgan fingerprint density at radius 2 is 2.19 bits per heavy atom. The molecule has 0 fully saturated rings. The van der Waals surface area contributed by atoms with E-state index in [4.69, 9.17) is 4.74 Å². The first-order valence-electron chi connectivity index (χ1n) is 5.52. The van der Waals surface area contributed by atoms with Crippen molar-refractivity contribution in [2.75, 3.05) is 38.0 Å². The third-order valence-corrected chi connectivity index (χ3v) is 2.37. The molecule has 1 N–H and O–H groups in total. The summed E-state index contributed by atoms with van der Waals surface area (Å²) in [5.74, 6) is 0.968. The molecule has 1 aromatic rings. The zero-order valence-electron chi connectivity index (χ0n) is 10.5. The highest BCUT2D eigenvalue weighted by Crippen LogP contribution is 2.13. The van der Waals surface area contributed by atoms with Crippen molar-refractivity contribution in [1.82, 2.24) is 4.98 Å². The molecule has 0 bridgehead atoms. The Labute approximate surface area is 97.6 Å².